The summed E-state index contributed by atoms with van der Waals surface area (Å²) in [5, 5.41) is 0. The van der Waals surface area contributed by atoms with Crippen LogP contribution in [0.15, 0.2) is 0 Å². The molecule has 1 rings (SSSR count). The number of carbonyl (C=O) groups is 1. The van der Waals surface area contributed by atoms with Crippen LogP contribution in [0.25, 0.3) is 0 Å². The van der Waals surface area contributed by atoms with Crippen molar-refractivity contribution in [3.05, 3.63) is 0 Å². The fourth-order valence-corrected chi connectivity index (χ4v) is 2.42. The van der Waals surface area contributed by atoms with Crippen molar-refractivity contribution in [3.8, 4) is 0 Å². The van der Waals surface area contributed by atoms with Crippen LogP contribution in [0, 0.1) is 0 Å². The van der Waals surface area contributed by atoms with Gasteiger partial charge in [0.05, 0.1) is 39.1 Å². The Balaban J connectivity index is 1.85. The van der Waals surface area contributed by atoms with E-state index < -0.39 is 0 Å². The molecule has 1 aliphatic heterocycles. The summed E-state index contributed by atoms with van der Waals surface area (Å²) in [5.74, 6) is 0. The van der Waals surface area contributed by atoms with E-state index in [0.717, 1.165) is 51.7 Å². The lowest BCUT2D eigenvalue weighted by molar-refractivity contribution is -0.113. The number of unbranched alkanes of at least 4 members (excludes halogenated alkanes) is 1. The molecule has 0 bridgehead atoms. The zero-order chi connectivity index (χ0) is 15.2. The molecule has 0 saturated carbocycles. The number of carbonyl (C=O) groups excluding carboxylic acids is 1. The van der Waals surface area contributed by atoms with Gasteiger partial charge in [0.15, 0.2) is 0 Å². The van der Waals surface area contributed by atoms with Gasteiger partial charge in [-0.3, -0.25) is 4.90 Å². The van der Waals surface area contributed by atoms with E-state index in [-0.39, 0.29) is 6.04 Å². The van der Waals surface area contributed by atoms with Crippen molar-refractivity contribution in [1.82, 2.24) is 4.90 Å². The molecule has 1 atom stereocenters. The molecule has 1 unspecified atom stereocenters. The molecule has 0 spiro atoms. The van der Waals surface area contributed by atoms with Crippen molar-refractivity contribution in [2.75, 3.05) is 52.7 Å². The van der Waals surface area contributed by atoms with Gasteiger partial charge in [0.1, 0.15) is 6.29 Å². The average molecular weight is 301 g/mol. The van der Waals surface area contributed by atoms with Gasteiger partial charge >= 0.3 is 0 Å². The Kier molecular flexibility index (Phi) is 11.7. The second kappa shape index (κ2) is 13.2. The van der Waals surface area contributed by atoms with Crippen LogP contribution in [-0.4, -0.2) is 70.0 Å². The highest BCUT2D eigenvalue weighted by atomic mass is 16.5. The third-order valence-electron chi connectivity index (χ3n) is 3.73. The Morgan fingerprint density at radius 2 is 1.67 bits per heavy atom. The molecule has 0 aromatic carbocycles. The Morgan fingerprint density at radius 3 is 2.33 bits per heavy atom. The van der Waals surface area contributed by atoms with E-state index in [9.17, 15) is 4.79 Å². The van der Waals surface area contributed by atoms with Crippen LogP contribution in [0.3, 0.4) is 0 Å². The fourth-order valence-electron chi connectivity index (χ4n) is 2.42. The van der Waals surface area contributed by atoms with Crippen molar-refractivity contribution >= 4 is 6.29 Å². The summed E-state index contributed by atoms with van der Waals surface area (Å²) in [6.45, 7) is 8.00. The summed E-state index contributed by atoms with van der Waals surface area (Å²) < 4.78 is 16.4. The van der Waals surface area contributed by atoms with Crippen LogP contribution in [0.5, 0.6) is 0 Å². The molecule has 1 fully saturated rings. The fraction of sp³-hybridized carbons (Fsp3) is 0.938. The number of aldehydes is 1. The number of ether oxygens (including phenoxy) is 3. The predicted molar refractivity (Wildman–Crippen MR) is 82.6 cm³/mol. The zero-order valence-electron chi connectivity index (χ0n) is 13.4. The van der Waals surface area contributed by atoms with Gasteiger partial charge in [0.2, 0.25) is 0 Å². The molecule has 5 nitrogen and oxygen atoms in total. The molecular formula is C16H31NO4. The number of hydrogen-bond donors (Lipinski definition) is 0. The van der Waals surface area contributed by atoms with Gasteiger partial charge in [-0.15, -0.1) is 0 Å². The smallest absolute Gasteiger partial charge is 0.137 e. The topological polar surface area (TPSA) is 48.0 Å². The second-order valence-corrected chi connectivity index (χ2v) is 5.43. The minimum Gasteiger partial charge on any atom is -0.379 e. The highest BCUT2D eigenvalue weighted by Gasteiger charge is 2.20. The molecule has 0 aromatic rings. The van der Waals surface area contributed by atoms with Crippen molar-refractivity contribution in [3.63, 3.8) is 0 Å². The van der Waals surface area contributed by atoms with E-state index in [1.54, 1.807) is 0 Å². The predicted octanol–water partition coefficient (Wildman–Crippen LogP) is 1.89. The number of rotatable bonds is 13. The van der Waals surface area contributed by atoms with Gasteiger partial charge in [-0.05, 0) is 25.8 Å². The average Bonchev–Trinajstić information content (AvgIpc) is 2.53. The van der Waals surface area contributed by atoms with Crippen molar-refractivity contribution in [2.45, 2.75) is 45.1 Å². The van der Waals surface area contributed by atoms with Gasteiger partial charge < -0.3 is 19.0 Å². The van der Waals surface area contributed by atoms with Crippen molar-refractivity contribution in [1.29, 1.82) is 0 Å². The van der Waals surface area contributed by atoms with E-state index in [4.69, 9.17) is 14.2 Å². The van der Waals surface area contributed by atoms with E-state index in [0.29, 0.717) is 33.0 Å². The van der Waals surface area contributed by atoms with Gasteiger partial charge in [-0.2, -0.15) is 0 Å². The molecular weight excluding hydrogens is 270 g/mol. The quantitative estimate of drug-likeness (QED) is 0.384. The first kappa shape index (κ1) is 18.6. The van der Waals surface area contributed by atoms with Crippen LogP contribution >= 0.6 is 0 Å². The molecule has 124 valence electrons. The standard InChI is InChI=1S/C16H31NO4/c1-2-3-9-19-11-13-21-14-12-20-10-8-17-7-5-4-6-16(17)15-18/h15-16H,2-14H2,1H3. The van der Waals surface area contributed by atoms with Gasteiger partial charge in [0.25, 0.3) is 0 Å². The first-order valence-electron chi connectivity index (χ1n) is 8.31. The first-order chi connectivity index (χ1) is 10.4. The Morgan fingerprint density at radius 1 is 1.00 bits per heavy atom. The van der Waals surface area contributed by atoms with Crippen LogP contribution in [0.1, 0.15) is 39.0 Å². The summed E-state index contributed by atoms with van der Waals surface area (Å²) in [5.41, 5.74) is 0. The maximum Gasteiger partial charge on any atom is 0.137 e. The van der Waals surface area contributed by atoms with E-state index in [2.05, 4.69) is 11.8 Å². The summed E-state index contributed by atoms with van der Waals surface area (Å²) in [4.78, 5) is 13.2. The highest BCUT2D eigenvalue weighted by Crippen LogP contribution is 2.14. The maximum absolute atomic E-state index is 11.0. The zero-order valence-corrected chi connectivity index (χ0v) is 13.4. The lowest BCUT2D eigenvalue weighted by atomic mass is 10.0. The van der Waals surface area contributed by atoms with Crippen LogP contribution in [-0.2, 0) is 19.0 Å². The van der Waals surface area contributed by atoms with E-state index in [1.165, 1.54) is 6.42 Å². The van der Waals surface area contributed by atoms with Gasteiger partial charge in [0, 0.05) is 13.2 Å². The molecule has 5 heteroatoms. The largest absolute Gasteiger partial charge is 0.379 e. The van der Waals surface area contributed by atoms with E-state index in [1.807, 2.05) is 0 Å². The normalized spacial score (nSPS) is 19.8. The third-order valence-corrected chi connectivity index (χ3v) is 3.73. The number of piperidine rings is 1. The van der Waals surface area contributed by atoms with Crippen molar-refractivity contribution in [2.24, 2.45) is 0 Å². The summed E-state index contributed by atoms with van der Waals surface area (Å²) in [7, 11) is 0. The molecule has 0 aromatic heterocycles. The van der Waals surface area contributed by atoms with Gasteiger partial charge in [-0.25, -0.2) is 0 Å². The number of nitrogens with zero attached hydrogens (tertiary/aromatic N) is 1. The number of hydrogen-bond acceptors (Lipinski definition) is 5. The van der Waals surface area contributed by atoms with E-state index >= 15 is 0 Å². The minimum atomic E-state index is 0.0962. The van der Waals surface area contributed by atoms with Crippen LogP contribution < -0.4 is 0 Å². The minimum absolute atomic E-state index is 0.0962. The number of likely N-dealkylation sites (tertiary alicyclic amines) is 1. The Hall–Kier alpha value is -0.490. The molecule has 0 radical (unpaired) electrons. The lowest BCUT2D eigenvalue weighted by Crippen LogP contribution is -2.42. The Bertz CT molecular complexity index is 250. The monoisotopic (exact) mass is 301 g/mol. The third kappa shape index (κ3) is 9.19. The molecule has 1 heterocycles. The summed E-state index contributed by atoms with van der Waals surface area (Å²) in [6, 6.07) is 0.0962. The first-order valence-corrected chi connectivity index (χ1v) is 8.31. The SMILES string of the molecule is CCCCOCCOCCOCCN1CCCCC1C=O. The highest BCUT2D eigenvalue weighted by molar-refractivity contribution is 5.57. The molecule has 1 saturated heterocycles. The van der Waals surface area contributed by atoms with Gasteiger partial charge in [-0.1, -0.05) is 19.8 Å². The maximum atomic E-state index is 11.0. The summed E-state index contributed by atoms with van der Waals surface area (Å²) >= 11 is 0. The molecule has 0 amide bonds. The van der Waals surface area contributed by atoms with Crippen LogP contribution in [0.4, 0.5) is 0 Å². The molecule has 1 aliphatic rings. The second-order valence-electron chi connectivity index (χ2n) is 5.43. The summed E-state index contributed by atoms with van der Waals surface area (Å²) in [6.07, 6.45) is 6.68. The molecule has 0 aliphatic carbocycles. The Labute approximate surface area is 128 Å². The molecule has 0 N–H and O–H groups in total. The van der Waals surface area contributed by atoms with Crippen molar-refractivity contribution < 1.29 is 19.0 Å². The molecule has 21 heavy (non-hydrogen) atoms. The lowest BCUT2D eigenvalue weighted by Gasteiger charge is -2.31. The van der Waals surface area contributed by atoms with Crippen LogP contribution in [0.2, 0.25) is 0 Å².